The van der Waals surface area contributed by atoms with E-state index in [1.54, 1.807) is 50.4 Å². The number of nitrogens with one attached hydrogen (secondary N) is 2. The number of amides is 1. The smallest absolute Gasteiger partial charge is 0.433 e. The first kappa shape index (κ1) is 26.2. The van der Waals surface area contributed by atoms with E-state index in [9.17, 15) is 22.4 Å². The summed E-state index contributed by atoms with van der Waals surface area (Å²) in [5.41, 5.74) is 1.57. The zero-order chi connectivity index (χ0) is 25.6. The number of carbonyl (C=O) groups excluding carboxylic acids is 1. The highest BCUT2D eigenvalue weighted by Gasteiger charge is 2.32. The van der Waals surface area contributed by atoms with Gasteiger partial charge in [-0.05, 0) is 66.3 Å². The van der Waals surface area contributed by atoms with Gasteiger partial charge in [-0.2, -0.15) is 13.2 Å². The lowest BCUT2D eigenvalue weighted by Gasteiger charge is -2.26. The van der Waals surface area contributed by atoms with E-state index >= 15 is 0 Å². The quantitative estimate of drug-likeness (QED) is 0.400. The van der Waals surface area contributed by atoms with Gasteiger partial charge in [0.25, 0.3) is 0 Å². The van der Waals surface area contributed by atoms with Gasteiger partial charge >= 0.3 is 6.18 Å². The van der Waals surface area contributed by atoms with Crippen molar-refractivity contribution in [3.05, 3.63) is 94.6 Å². The average Bonchev–Trinajstić information content (AvgIpc) is 2.85. The minimum Gasteiger partial charge on any atom is -0.497 e. The van der Waals surface area contributed by atoms with E-state index < -0.39 is 24.0 Å². The van der Waals surface area contributed by atoms with Crippen LogP contribution >= 0.6 is 0 Å². The van der Waals surface area contributed by atoms with Crippen LogP contribution in [-0.4, -0.2) is 25.0 Å². The van der Waals surface area contributed by atoms with Crippen molar-refractivity contribution in [2.45, 2.75) is 38.0 Å². The highest BCUT2D eigenvalue weighted by atomic mass is 19.4. The van der Waals surface area contributed by atoms with Gasteiger partial charge in [0, 0.05) is 19.3 Å². The SMILES string of the molecule is CNC(=O)[C@H](NC(CCc1ccc(C(F)(F)F)nc1)c1ccc(F)c(C)c1)c1ccc(OC)cc1. The topological polar surface area (TPSA) is 63.2 Å². The van der Waals surface area contributed by atoms with Crippen LogP contribution in [0.25, 0.3) is 0 Å². The van der Waals surface area contributed by atoms with Crippen molar-refractivity contribution in [3.8, 4) is 5.75 Å². The molecule has 35 heavy (non-hydrogen) atoms. The van der Waals surface area contributed by atoms with E-state index in [4.69, 9.17) is 4.74 Å². The summed E-state index contributed by atoms with van der Waals surface area (Å²) in [6.45, 7) is 1.65. The van der Waals surface area contributed by atoms with Gasteiger partial charge in [0.15, 0.2) is 0 Å². The molecule has 1 unspecified atom stereocenters. The Balaban J connectivity index is 1.89. The molecule has 0 aliphatic carbocycles. The molecule has 3 aromatic rings. The van der Waals surface area contributed by atoms with Gasteiger partial charge in [0.2, 0.25) is 5.91 Å². The number of carbonyl (C=O) groups is 1. The van der Waals surface area contributed by atoms with Crippen molar-refractivity contribution in [1.29, 1.82) is 0 Å². The fraction of sp³-hybridized carbons (Fsp3) is 0.308. The lowest BCUT2D eigenvalue weighted by atomic mass is 9.95. The molecular weight excluding hydrogens is 462 g/mol. The summed E-state index contributed by atoms with van der Waals surface area (Å²) >= 11 is 0. The monoisotopic (exact) mass is 489 g/mol. The molecule has 0 saturated heterocycles. The first-order chi connectivity index (χ1) is 16.6. The van der Waals surface area contributed by atoms with Crippen molar-refractivity contribution in [1.82, 2.24) is 15.6 Å². The second-order valence-corrected chi connectivity index (χ2v) is 8.14. The largest absolute Gasteiger partial charge is 0.497 e. The highest BCUT2D eigenvalue weighted by molar-refractivity contribution is 5.83. The van der Waals surface area contributed by atoms with Crippen LogP contribution in [-0.2, 0) is 17.4 Å². The number of ether oxygens (including phenoxy) is 1. The molecule has 0 bridgehead atoms. The van der Waals surface area contributed by atoms with Gasteiger partial charge in [0.1, 0.15) is 23.3 Å². The van der Waals surface area contributed by atoms with Gasteiger partial charge in [-0.3, -0.25) is 15.1 Å². The zero-order valence-electron chi connectivity index (χ0n) is 19.6. The number of halogens is 4. The van der Waals surface area contributed by atoms with Gasteiger partial charge in [0.05, 0.1) is 7.11 Å². The predicted octanol–water partition coefficient (Wildman–Crippen LogP) is 5.31. The lowest BCUT2D eigenvalue weighted by molar-refractivity contribution is -0.141. The fourth-order valence-corrected chi connectivity index (χ4v) is 3.75. The first-order valence-electron chi connectivity index (χ1n) is 11.0. The van der Waals surface area contributed by atoms with Gasteiger partial charge in [-0.1, -0.05) is 30.3 Å². The molecule has 1 aromatic heterocycles. The van der Waals surface area contributed by atoms with Crippen LogP contribution < -0.4 is 15.4 Å². The molecule has 0 aliphatic heterocycles. The molecule has 0 spiro atoms. The summed E-state index contributed by atoms with van der Waals surface area (Å²) < 4.78 is 57.6. The number of rotatable bonds is 9. The molecule has 2 atom stereocenters. The van der Waals surface area contributed by atoms with Gasteiger partial charge < -0.3 is 10.1 Å². The number of likely N-dealkylation sites (N-methyl/N-ethyl adjacent to an activating group) is 1. The van der Waals surface area contributed by atoms with Crippen LogP contribution in [0, 0.1) is 12.7 Å². The van der Waals surface area contributed by atoms with Crippen LogP contribution in [0.3, 0.4) is 0 Å². The Bertz CT molecular complexity index is 1130. The van der Waals surface area contributed by atoms with E-state index in [2.05, 4.69) is 15.6 Å². The molecule has 5 nitrogen and oxygen atoms in total. The standard InChI is InChI=1S/C26H27F4N3O2/c1-16-14-19(8-11-21(16)27)22(12-4-17-5-13-23(32-15-17)26(28,29)30)33-24(25(34)31-2)18-6-9-20(35-3)10-7-18/h5-11,13-15,22,24,33H,4,12H2,1-3H3,(H,31,34)/t22?,24-/m1/s1. The molecule has 2 aromatic carbocycles. The van der Waals surface area contributed by atoms with Crippen LogP contribution in [0.15, 0.2) is 60.8 Å². The van der Waals surface area contributed by atoms with E-state index in [1.807, 2.05) is 0 Å². The molecule has 0 aliphatic rings. The Kier molecular flexibility index (Phi) is 8.45. The highest BCUT2D eigenvalue weighted by Crippen LogP contribution is 2.29. The Morgan fingerprint density at radius 1 is 1.06 bits per heavy atom. The minimum absolute atomic E-state index is 0.268. The second kappa shape index (κ2) is 11.3. The molecule has 1 amide bonds. The molecular formula is C26H27F4N3O2. The maximum atomic E-state index is 13.9. The van der Waals surface area contributed by atoms with E-state index in [1.165, 1.54) is 25.4 Å². The van der Waals surface area contributed by atoms with E-state index in [0.717, 1.165) is 11.6 Å². The summed E-state index contributed by atoms with van der Waals surface area (Å²) in [4.78, 5) is 16.3. The van der Waals surface area contributed by atoms with Crippen LogP contribution in [0.4, 0.5) is 17.6 Å². The number of hydrogen-bond acceptors (Lipinski definition) is 4. The Morgan fingerprint density at radius 3 is 2.29 bits per heavy atom. The Hall–Kier alpha value is -3.46. The third kappa shape index (κ3) is 6.79. The summed E-state index contributed by atoms with van der Waals surface area (Å²) in [7, 11) is 3.08. The number of hydrogen-bond donors (Lipinski definition) is 2. The van der Waals surface area contributed by atoms with E-state index in [0.29, 0.717) is 35.3 Å². The first-order valence-corrected chi connectivity index (χ1v) is 11.0. The number of nitrogens with zero attached hydrogens (tertiary/aromatic N) is 1. The average molecular weight is 490 g/mol. The summed E-state index contributed by atoms with van der Waals surface area (Å²) in [5.74, 6) is 0.0255. The van der Waals surface area contributed by atoms with Crippen LogP contribution in [0.2, 0.25) is 0 Å². The normalized spacial score (nSPS) is 13.2. The van der Waals surface area contributed by atoms with Gasteiger partial charge in [-0.15, -0.1) is 0 Å². The third-order valence-corrected chi connectivity index (χ3v) is 5.75. The van der Waals surface area contributed by atoms with Crippen molar-refractivity contribution in [2.24, 2.45) is 0 Å². The molecule has 1 heterocycles. The van der Waals surface area contributed by atoms with Crippen molar-refractivity contribution >= 4 is 5.91 Å². The van der Waals surface area contributed by atoms with Crippen molar-refractivity contribution in [3.63, 3.8) is 0 Å². The third-order valence-electron chi connectivity index (χ3n) is 5.75. The number of alkyl halides is 3. The minimum atomic E-state index is -4.51. The van der Waals surface area contributed by atoms with Crippen molar-refractivity contribution < 1.29 is 27.1 Å². The maximum Gasteiger partial charge on any atom is 0.433 e. The Morgan fingerprint density at radius 2 is 1.74 bits per heavy atom. The Labute approximate surface area is 201 Å². The fourth-order valence-electron chi connectivity index (χ4n) is 3.75. The summed E-state index contributed by atoms with van der Waals surface area (Å²) in [5, 5.41) is 6.01. The van der Waals surface area contributed by atoms with Crippen LogP contribution in [0.1, 0.15) is 46.5 Å². The predicted molar refractivity (Wildman–Crippen MR) is 124 cm³/mol. The van der Waals surface area contributed by atoms with Crippen molar-refractivity contribution in [2.75, 3.05) is 14.2 Å². The number of pyridine rings is 1. The van der Waals surface area contributed by atoms with Crippen LogP contribution in [0.5, 0.6) is 5.75 Å². The summed E-state index contributed by atoms with van der Waals surface area (Å²) in [6, 6.07) is 13.0. The van der Waals surface area contributed by atoms with E-state index in [-0.39, 0.29) is 11.7 Å². The zero-order valence-corrected chi connectivity index (χ0v) is 19.6. The molecule has 3 rings (SSSR count). The molecule has 9 heteroatoms. The molecule has 186 valence electrons. The number of benzene rings is 2. The molecule has 0 saturated carbocycles. The molecule has 0 fully saturated rings. The molecule has 0 radical (unpaired) electrons. The number of aryl methyl sites for hydroxylation is 2. The van der Waals surface area contributed by atoms with Gasteiger partial charge in [-0.25, -0.2) is 4.39 Å². The second-order valence-electron chi connectivity index (χ2n) is 8.14. The maximum absolute atomic E-state index is 13.9. The molecule has 2 N–H and O–H groups in total. The lowest BCUT2D eigenvalue weighted by Crippen LogP contribution is -2.38. The summed E-state index contributed by atoms with van der Waals surface area (Å²) in [6.07, 6.45) is -2.48. The number of aromatic nitrogens is 1. The number of methoxy groups -OCH3 is 1.